The molecule has 204 valence electrons. The third-order valence-corrected chi connectivity index (χ3v) is 7.91. The zero-order chi connectivity index (χ0) is 24.8. The lowest BCUT2D eigenvalue weighted by Gasteiger charge is -2.10. The Morgan fingerprint density at radius 3 is 0.971 bits per heavy atom. The Balaban J connectivity index is 3.07. The van der Waals surface area contributed by atoms with Gasteiger partial charge in [-0.05, 0) is 18.8 Å². The van der Waals surface area contributed by atoms with Gasteiger partial charge in [-0.2, -0.15) is 0 Å². The molecule has 0 aromatic carbocycles. The Kier molecular flexibility index (Phi) is 30.5. The number of unbranched alkanes of at least 4 members (excludes halogenated alkanes) is 25. The molecule has 0 N–H and O–H groups in total. The number of rotatable bonds is 30. The molecule has 0 amide bonds. The van der Waals surface area contributed by atoms with E-state index in [1.165, 1.54) is 186 Å². The van der Waals surface area contributed by atoms with Gasteiger partial charge in [0, 0.05) is 0 Å². The standard InChI is InChI=1S/C34H68/c1-4-6-8-10-11-12-13-14-15-16-17-18-19-20-21-22-23-24-25-26-27-28-29-31-33-34(3)32-30-9-7-5-2/h4,34H,1,5-33H2,2-3H3. The number of hydrogen-bond acceptors (Lipinski definition) is 0. The minimum Gasteiger partial charge on any atom is -0.103 e. The quantitative estimate of drug-likeness (QED) is 0.0714. The highest BCUT2D eigenvalue weighted by Crippen LogP contribution is 2.19. The van der Waals surface area contributed by atoms with E-state index in [9.17, 15) is 0 Å². The van der Waals surface area contributed by atoms with Crippen molar-refractivity contribution in [1.29, 1.82) is 0 Å². The first-order valence-corrected chi connectivity index (χ1v) is 16.4. The van der Waals surface area contributed by atoms with E-state index in [0.29, 0.717) is 0 Å². The van der Waals surface area contributed by atoms with E-state index in [0.717, 1.165) is 5.92 Å². The molecule has 0 heterocycles. The van der Waals surface area contributed by atoms with E-state index in [4.69, 9.17) is 0 Å². The van der Waals surface area contributed by atoms with Crippen LogP contribution in [0, 0.1) is 5.92 Å². The summed E-state index contributed by atoms with van der Waals surface area (Å²) in [6.45, 7) is 8.58. The van der Waals surface area contributed by atoms with Gasteiger partial charge in [0.15, 0.2) is 0 Å². The molecule has 0 bridgehead atoms. The molecule has 0 heteroatoms. The Morgan fingerprint density at radius 1 is 0.412 bits per heavy atom. The lowest BCUT2D eigenvalue weighted by molar-refractivity contribution is 0.433. The van der Waals surface area contributed by atoms with Gasteiger partial charge in [0.2, 0.25) is 0 Å². The summed E-state index contributed by atoms with van der Waals surface area (Å²) in [6, 6.07) is 0. The van der Waals surface area contributed by atoms with Crippen molar-refractivity contribution in [2.75, 3.05) is 0 Å². The fourth-order valence-electron chi connectivity index (χ4n) is 5.38. The molecular weight excluding hydrogens is 408 g/mol. The largest absolute Gasteiger partial charge is 0.103 e. The topological polar surface area (TPSA) is 0 Å². The SMILES string of the molecule is C=CCCCCCCCCCCCCCCCCCCCCCCCCC(C)CCCCCC. The molecular formula is C34H68. The molecule has 0 radical (unpaired) electrons. The Hall–Kier alpha value is -0.260. The maximum atomic E-state index is 3.80. The fraction of sp³-hybridized carbons (Fsp3) is 0.941. The van der Waals surface area contributed by atoms with Crippen LogP contribution in [0.3, 0.4) is 0 Å². The fourth-order valence-corrected chi connectivity index (χ4v) is 5.38. The van der Waals surface area contributed by atoms with E-state index in [1.54, 1.807) is 0 Å². The average molecular weight is 477 g/mol. The summed E-state index contributed by atoms with van der Waals surface area (Å²) in [7, 11) is 0. The predicted octanol–water partition coefficient (Wildman–Crippen LogP) is 13.1. The van der Waals surface area contributed by atoms with Crippen LogP contribution in [0.4, 0.5) is 0 Å². The van der Waals surface area contributed by atoms with Gasteiger partial charge in [-0.1, -0.05) is 193 Å². The highest BCUT2D eigenvalue weighted by molar-refractivity contribution is 4.65. The third-order valence-electron chi connectivity index (χ3n) is 7.91. The molecule has 0 nitrogen and oxygen atoms in total. The van der Waals surface area contributed by atoms with E-state index in [1.807, 2.05) is 0 Å². The monoisotopic (exact) mass is 477 g/mol. The zero-order valence-electron chi connectivity index (χ0n) is 24.4. The van der Waals surface area contributed by atoms with Crippen molar-refractivity contribution < 1.29 is 0 Å². The van der Waals surface area contributed by atoms with Gasteiger partial charge in [-0.25, -0.2) is 0 Å². The summed E-state index contributed by atoms with van der Waals surface area (Å²) in [5.74, 6) is 0.967. The van der Waals surface area contributed by atoms with Gasteiger partial charge in [0.1, 0.15) is 0 Å². The van der Waals surface area contributed by atoms with Crippen molar-refractivity contribution in [2.45, 2.75) is 200 Å². The minimum absolute atomic E-state index is 0.967. The lowest BCUT2D eigenvalue weighted by Crippen LogP contribution is -1.95. The number of hydrogen-bond donors (Lipinski definition) is 0. The van der Waals surface area contributed by atoms with Crippen LogP contribution < -0.4 is 0 Å². The molecule has 1 atom stereocenters. The second-order valence-electron chi connectivity index (χ2n) is 11.6. The van der Waals surface area contributed by atoms with E-state index in [2.05, 4.69) is 26.5 Å². The first kappa shape index (κ1) is 33.7. The van der Waals surface area contributed by atoms with Crippen LogP contribution in [0.1, 0.15) is 200 Å². The first-order chi connectivity index (χ1) is 16.8. The molecule has 0 saturated heterocycles. The van der Waals surface area contributed by atoms with Crippen LogP contribution in [0.2, 0.25) is 0 Å². The minimum atomic E-state index is 0.967. The van der Waals surface area contributed by atoms with Crippen LogP contribution >= 0.6 is 0 Å². The Labute approximate surface area is 218 Å². The summed E-state index contributed by atoms with van der Waals surface area (Å²) >= 11 is 0. The van der Waals surface area contributed by atoms with E-state index >= 15 is 0 Å². The van der Waals surface area contributed by atoms with Crippen molar-refractivity contribution >= 4 is 0 Å². The zero-order valence-corrected chi connectivity index (χ0v) is 24.4. The maximum absolute atomic E-state index is 3.80. The molecule has 0 aliphatic rings. The molecule has 0 aromatic heterocycles. The average Bonchev–Trinajstić information content (AvgIpc) is 2.84. The molecule has 0 aromatic rings. The molecule has 0 aliphatic carbocycles. The van der Waals surface area contributed by atoms with Gasteiger partial charge in [-0.3, -0.25) is 0 Å². The van der Waals surface area contributed by atoms with Gasteiger partial charge in [-0.15, -0.1) is 6.58 Å². The van der Waals surface area contributed by atoms with Crippen molar-refractivity contribution in [1.82, 2.24) is 0 Å². The molecule has 1 unspecified atom stereocenters. The van der Waals surface area contributed by atoms with Gasteiger partial charge in [0.05, 0.1) is 0 Å². The predicted molar refractivity (Wildman–Crippen MR) is 159 cm³/mol. The third kappa shape index (κ3) is 29.8. The molecule has 34 heavy (non-hydrogen) atoms. The number of allylic oxidation sites excluding steroid dienone is 1. The van der Waals surface area contributed by atoms with Crippen LogP contribution in [0.5, 0.6) is 0 Å². The second kappa shape index (κ2) is 30.8. The highest BCUT2D eigenvalue weighted by atomic mass is 14.1. The van der Waals surface area contributed by atoms with E-state index < -0.39 is 0 Å². The summed E-state index contributed by atoms with van der Waals surface area (Å²) < 4.78 is 0. The maximum Gasteiger partial charge on any atom is -0.0353 e. The normalized spacial score (nSPS) is 12.3. The Morgan fingerprint density at radius 2 is 0.676 bits per heavy atom. The molecule has 0 spiro atoms. The van der Waals surface area contributed by atoms with Gasteiger partial charge >= 0.3 is 0 Å². The smallest absolute Gasteiger partial charge is 0.0353 e. The van der Waals surface area contributed by atoms with E-state index in [-0.39, 0.29) is 0 Å². The highest BCUT2D eigenvalue weighted by Gasteiger charge is 2.02. The molecule has 0 saturated carbocycles. The van der Waals surface area contributed by atoms with Crippen LogP contribution in [0.25, 0.3) is 0 Å². The summed E-state index contributed by atoms with van der Waals surface area (Å²) in [5.41, 5.74) is 0. The summed E-state index contributed by atoms with van der Waals surface area (Å²) in [4.78, 5) is 0. The first-order valence-electron chi connectivity index (χ1n) is 16.4. The van der Waals surface area contributed by atoms with Crippen molar-refractivity contribution in [3.8, 4) is 0 Å². The lowest BCUT2D eigenvalue weighted by atomic mass is 9.96. The summed E-state index contributed by atoms with van der Waals surface area (Å²) in [6.07, 6.45) is 44.3. The Bertz CT molecular complexity index is 357. The van der Waals surface area contributed by atoms with Crippen LogP contribution in [-0.4, -0.2) is 0 Å². The molecule has 0 fully saturated rings. The summed E-state index contributed by atoms with van der Waals surface area (Å²) in [5, 5.41) is 0. The van der Waals surface area contributed by atoms with Gasteiger partial charge < -0.3 is 0 Å². The molecule has 0 rings (SSSR count). The second-order valence-corrected chi connectivity index (χ2v) is 11.6. The van der Waals surface area contributed by atoms with Crippen LogP contribution in [0.15, 0.2) is 12.7 Å². The van der Waals surface area contributed by atoms with Crippen molar-refractivity contribution in [3.05, 3.63) is 12.7 Å². The molecule has 0 aliphatic heterocycles. The van der Waals surface area contributed by atoms with Gasteiger partial charge in [0.25, 0.3) is 0 Å². The van der Waals surface area contributed by atoms with Crippen molar-refractivity contribution in [2.24, 2.45) is 5.92 Å². The van der Waals surface area contributed by atoms with Crippen LogP contribution in [-0.2, 0) is 0 Å². The van der Waals surface area contributed by atoms with Crippen molar-refractivity contribution in [3.63, 3.8) is 0 Å².